The Morgan fingerprint density at radius 2 is 0.698 bits per heavy atom. The van der Waals surface area contributed by atoms with Crippen LogP contribution in [0.25, 0.3) is 122 Å². The minimum atomic E-state index is -0.498. The predicted octanol–water partition coefficient (Wildman–Crippen LogP) is 25.1. The van der Waals surface area contributed by atoms with Crippen LogP contribution >= 0.6 is 0 Å². The lowest BCUT2D eigenvalue weighted by Gasteiger charge is -2.31. The summed E-state index contributed by atoms with van der Waals surface area (Å²) >= 11 is 0. The van der Waals surface area contributed by atoms with Gasteiger partial charge < -0.3 is 14.0 Å². The lowest BCUT2D eigenvalue weighted by Crippen LogP contribution is -2.26. The SMILES string of the molecule is CC(C)CC(c1ccc(-c2ccc3c(c2)C2(c4ccccc4-3)c3ccccc3-c3ccc(-c4cccc(-n5c6ccccc6c6cc(-c7ccc(N(c8ccc(-c9ccccc9)cc8)c8ccc9c%10ccccc%10n(-c%10ccccc%10)c9c8)cc7)ccc65)c4)cc32)cc1)C(C)C. The van der Waals surface area contributed by atoms with Crippen molar-refractivity contribution in [2.75, 3.05) is 4.90 Å². The molecule has 2 atom stereocenters. The standard InChI is InChI=1S/C93H71N3/c1-60(2)54-83(61(3)4)66-36-34-64(35-37-66)69-42-50-78-76-26-11-15-30-85(76)93(87(78)57-69)86-31-16-12-27-77(86)79-51-43-70(58-88(79)93)67-22-19-25-74(55-67)96-90-33-18-14-29-81(90)84-56-68(44-53-91(84)96)65-40-47-73(48-41-65)94(72-45-38-63(39-46-72)62-20-7-5-8-21-62)75-49-52-82-80-28-13-17-32-89(80)95(92(82)59-75)71-23-9-6-10-24-71/h5-53,55-61,83H,54H2,1-4H3. The highest BCUT2D eigenvalue weighted by atomic mass is 15.1. The van der Waals surface area contributed by atoms with E-state index in [1.807, 2.05) is 0 Å². The van der Waals surface area contributed by atoms with Crippen molar-refractivity contribution in [2.24, 2.45) is 11.8 Å². The minimum Gasteiger partial charge on any atom is -0.310 e. The highest BCUT2D eigenvalue weighted by Gasteiger charge is 2.52. The van der Waals surface area contributed by atoms with Crippen molar-refractivity contribution < 1.29 is 0 Å². The predicted molar refractivity (Wildman–Crippen MR) is 405 cm³/mol. The average Bonchev–Trinajstić information content (AvgIpc) is 1.51. The Bertz CT molecular complexity index is 5660. The van der Waals surface area contributed by atoms with Crippen LogP contribution in [0.5, 0.6) is 0 Å². The Morgan fingerprint density at radius 1 is 0.281 bits per heavy atom. The molecule has 2 aliphatic rings. The van der Waals surface area contributed by atoms with Crippen LogP contribution in [0.15, 0.2) is 328 Å². The zero-order valence-corrected chi connectivity index (χ0v) is 54.5. The minimum absolute atomic E-state index is 0.498. The van der Waals surface area contributed by atoms with Gasteiger partial charge in [0.2, 0.25) is 0 Å². The van der Waals surface area contributed by atoms with Crippen LogP contribution in [0, 0.1) is 11.8 Å². The topological polar surface area (TPSA) is 13.1 Å². The van der Waals surface area contributed by atoms with E-state index in [4.69, 9.17) is 0 Å². The molecule has 14 aromatic carbocycles. The van der Waals surface area contributed by atoms with Crippen molar-refractivity contribution in [3.63, 3.8) is 0 Å². The maximum absolute atomic E-state index is 2.52. The molecule has 0 saturated heterocycles. The van der Waals surface area contributed by atoms with Crippen molar-refractivity contribution in [2.45, 2.75) is 45.4 Å². The van der Waals surface area contributed by atoms with Gasteiger partial charge in [0, 0.05) is 50.0 Å². The Kier molecular flexibility index (Phi) is 13.6. The normalized spacial score (nSPS) is 14.1. The van der Waals surface area contributed by atoms with Gasteiger partial charge in [-0.15, -0.1) is 0 Å². The van der Waals surface area contributed by atoms with Crippen LogP contribution in [-0.2, 0) is 5.41 Å². The van der Waals surface area contributed by atoms with E-state index < -0.39 is 5.41 Å². The summed E-state index contributed by atoms with van der Waals surface area (Å²) in [6.45, 7) is 9.43. The van der Waals surface area contributed by atoms with Gasteiger partial charge in [0.15, 0.2) is 0 Å². The van der Waals surface area contributed by atoms with Crippen LogP contribution in [0.4, 0.5) is 17.1 Å². The van der Waals surface area contributed by atoms with Crippen molar-refractivity contribution in [1.29, 1.82) is 0 Å². The van der Waals surface area contributed by atoms with Crippen LogP contribution < -0.4 is 4.90 Å². The maximum Gasteiger partial charge on any atom is 0.0725 e. The number of hydrogen-bond donors (Lipinski definition) is 0. The van der Waals surface area contributed by atoms with Crippen molar-refractivity contribution in [1.82, 2.24) is 9.13 Å². The second-order valence-corrected chi connectivity index (χ2v) is 27.3. The van der Waals surface area contributed by atoms with Gasteiger partial charge >= 0.3 is 0 Å². The molecule has 0 N–H and O–H groups in total. The molecular weight excluding hydrogens is 1160 g/mol. The highest BCUT2D eigenvalue weighted by molar-refractivity contribution is 6.12. The first-order valence-corrected chi connectivity index (χ1v) is 34.1. The number of hydrogen-bond acceptors (Lipinski definition) is 1. The number of aromatic nitrogens is 2. The molecule has 2 unspecified atom stereocenters. The number of para-hydroxylation sites is 3. The largest absolute Gasteiger partial charge is 0.310 e. The number of nitrogens with zero attached hydrogens (tertiary/aromatic N) is 3. The van der Waals surface area contributed by atoms with Gasteiger partial charge in [0.25, 0.3) is 0 Å². The summed E-state index contributed by atoms with van der Waals surface area (Å²) in [6, 6.07) is 123. The highest BCUT2D eigenvalue weighted by Crippen LogP contribution is 2.63. The smallest absolute Gasteiger partial charge is 0.0725 e. The lowest BCUT2D eigenvalue weighted by molar-refractivity contribution is 0.408. The molecule has 0 aliphatic heterocycles. The fourth-order valence-corrected chi connectivity index (χ4v) is 16.6. The first-order valence-electron chi connectivity index (χ1n) is 34.1. The summed E-state index contributed by atoms with van der Waals surface area (Å²) in [5, 5.41) is 4.90. The van der Waals surface area contributed by atoms with E-state index in [-0.39, 0.29) is 0 Å². The summed E-state index contributed by atoms with van der Waals surface area (Å²) in [4.78, 5) is 2.40. The van der Waals surface area contributed by atoms with E-state index in [0.29, 0.717) is 17.8 Å². The Balaban J connectivity index is 0.711. The Morgan fingerprint density at radius 3 is 1.31 bits per heavy atom. The third-order valence-electron chi connectivity index (χ3n) is 21.0. The van der Waals surface area contributed by atoms with Crippen molar-refractivity contribution in [3.05, 3.63) is 355 Å². The molecule has 18 rings (SSSR count). The molecule has 0 fully saturated rings. The molecule has 0 saturated carbocycles. The van der Waals surface area contributed by atoms with E-state index >= 15 is 0 Å². The monoisotopic (exact) mass is 1230 g/mol. The number of fused-ring (bicyclic) bond motifs is 16. The van der Waals surface area contributed by atoms with Crippen LogP contribution in [0.1, 0.15) is 67.9 Å². The Labute approximate surface area is 562 Å². The molecule has 3 heteroatoms. The molecule has 0 amide bonds. The average molecular weight is 1230 g/mol. The molecule has 0 radical (unpaired) electrons. The van der Waals surface area contributed by atoms with Crippen LogP contribution in [0.3, 0.4) is 0 Å². The number of benzene rings is 14. The summed E-state index contributed by atoms with van der Waals surface area (Å²) in [5.74, 6) is 1.77. The molecule has 458 valence electrons. The Hall–Kier alpha value is -11.5. The van der Waals surface area contributed by atoms with Crippen molar-refractivity contribution >= 4 is 60.7 Å². The third kappa shape index (κ3) is 9.16. The van der Waals surface area contributed by atoms with E-state index in [1.54, 1.807) is 0 Å². The molecule has 2 aromatic heterocycles. The maximum atomic E-state index is 2.52. The molecule has 0 bridgehead atoms. The van der Waals surface area contributed by atoms with E-state index in [0.717, 1.165) is 39.5 Å². The van der Waals surface area contributed by atoms with Gasteiger partial charge in [-0.25, -0.2) is 0 Å². The summed E-state index contributed by atoms with van der Waals surface area (Å²) < 4.78 is 4.87. The molecule has 16 aromatic rings. The lowest BCUT2D eigenvalue weighted by atomic mass is 9.70. The summed E-state index contributed by atoms with van der Waals surface area (Å²) in [7, 11) is 0. The number of rotatable bonds is 13. The van der Waals surface area contributed by atoms with Gasteiger partial charge in [0.1, 0.15) is 0 Å². The quantitative estimate of drug-likeness (QED) is 0.112. The van der Waals surface area contributed by atoms with Gasteiger partial charge in [0.05, 0.1) is 27.5 Å². The third-order valence-corrected chi connectivity index (χ3v) is 21.0. The zero-order chi connectivity index (χ0) is 64.2. The molecule has 3 nitrogen and oxygen atoms in total. The van der Waals surface area contributed by atoms with E-state index in [9.17, 15) is 0 Å². The first kappa shape index (κ1) is 57.2. The van der Waals surface area contributed by atoms with E-state index in [2.05, 4.69) is 369 Å². The second kappa shape index (κ2) is 22.9. The van der Waals surface area contributed by atoms with Gasteiger partial charge in [-0.2, -0.15) is 0 Å². The van der Waals surface area contributed by atoms with Gasteiger partial charge in [-0.05, 0) is 216 Å². The summed E-state index contributed by atoms with van der Waals surface area (Å²) in [5.41, 5.74) is 31.4. The molecule has 96 heavy (non-hydrogen) atoms. The molecule has 2 aliphatic carbocycles. The van der Waals surface area contributed by atoms with Crippen LogP contribution in [0.2, 0.25) is 0 Å². The number of anilines is 3. The van der Waals surface area contributed by atoms with Gasteiger partial charge in [-0.1, -0.05) is 258 Å². The van der Waals surface area contributed by atoms with Crippen LogP contribution in [-0.4, -0.2) is 9.13 Å². The zero-order valence-electron chi connectivity index (χ0n) is 54.5. The summed E-state index contributed by atoms with van der Waals surface area (Å²) in [6.07, 6.45) is 1.19. The molecular formula is C93H71N3. The molecule has 2 heterocycles. The fraction of sp³-hybridized carbons (Fsp3) is 0.0968. The van der Waals surface area contributed by atoms with E-state index in [1.165, 1.54) is 134 Å². The second-order valence-electron chi connectivity index (χ2n) is 27.3. The molecule has 1 spiro atoms. The first-order chi connectivity index (χ1) is 47.2. The fourth-order valence-electron chi connectivity index (χ4n) is 16.6. The van der Waals surface area contributed by atoms with Gasteiger partial charge in [-0.3, -0.25) is 0 Å². The van der Waals surface area contributed by atoms with Crippen molar-refractivity contribution in [3.8, 4) is 78.1 Å².